The first-order valence-corrected chi connectivity index (χ1v) is 5.10. The zero-order valence-corrected chi connectivity index (χ0v) is 8.73. The van der Waals surface area contributed by atoms with E-state index in [0.717, 1.165) is 12.2 Å². The summed E-state index contributed by atoms with van der Waals surface area (Å²) in [5.41, 5.74) is 1.20. The molecule has 1 aliphatic rings. The monoisotopic (exact) mass is 206 g/mol. The van der Waals surface area contributed by atoms with Crippen LogP contribution in [0.15, 0.2) is 24.3 Å². The fourth-order valence-corrected chi connectivity index (χ4v) is 1.73. The van der Waals surface area contributed by atoms with Crippen molar-refractivity contribution in [2.24, 2.45) is 5.92 Å². The Labute approximate surface area is 89.0 Å². The Balaban J connectivity index is 1.96. The van der Waals surface area contributed by atoms with E-state index in [-0.39, 0.29) is 11.9 Å². The highest BCUT2D eigenvalue weighted by atomic mass is 16.5. The minimum absolute atomic E-state index is 0.228. The van der Waals surface area contributed by atoms with Crippen LogP contribution in [0.3, 0.4) is 0 Å². The molecule has 2 rings (SSSR count). The number of ether oxygens (including phenoxy) is 2. The molecule has 1 heterocycles. The van der Waals surface area contributed by atoms with Gasteiger partial charge in [-0.1, -0.05) is 18.2 Å². The highest BCUT2D eigenvalue weighted by molar-refractivity contribution is 5.65. The number of esters is 1. The molecule has 0 spiro atoms. The summed E-state index contributed by atoms with van der Waals surface area (Å²) in [5.74, 6) is 1.01. The van der Waals surface area contributed by atoms with Crippen molar-refractivity contribution in [2.75, 3.05) is 13.2 Å². The standard InChI is InChI=1S/C12H14O3/c1-9(13)14-7-10-6-11-4-2-3-5-12(11)15-8-10/h2-5,10H,6-8H2,1H3/t10-/m1/s1. The van der Waals surface area contributed by atoms with E-state index >= 15 is 0 Å². The number of hydrogen-bond donors (Lipinski definition) is 0. The number of hydrogen-bond acceptors (Lipinski definition) is 3. The molecule has 0 saturated carbocycles. The van der Waals surface area contributed by atoms with Gasteiger partial charge in [-0.3, -0.25) is 4.79 Å². The Morgan fingerprint density at radius 2 is 2.33 bits per heavy atom. The van der Waals surface area contributed by atoms with Crippen molar-refractivity contribution >= 4 is 5.97 Å². The highest BCUT2D eigenvalue weighted by Crippen LogP contribution is 2.26. The zero-order valence-electron chi connectivity index (χ0n) is 8.73. The lowest BCUT2D eigenvalue weighted by atomic mass is 9.97. The molecule has 0 fully saturated rings. The lowest BCUT2D eigenvalue weighted by Gasteiger charge is -2.24. The smallest absolute Gasteiger partial charge is 0.302 e. The summed E-state index contributed by atoms with van der Waals surface area (Å²) in [4.78, 5) is 10.7. The number of fused-ring (bicyclic) bond motifs is 1. The third-order valence-corrected chi connectivity index (χ3v) is 2.48. The Morgan fingerprint density at radius 1 is 1.53 bits per heavy atom. The third-order valence-electron chi connectivity index (χ3n) is 2.48. The van der Waals surface area contributed by atoms with Gasteiger partial charge in [0.05, 0.1) is 13.2 Å². The van der Waals surface area contributed by atoms with Crippen LogP contribution < -0.4 is 4.74 Å². The fraction of sp³-hybridized carbons (Fsp3) is 0.417. The van der Waals surface area contributed by atoms with E-state index < -0.39 is 0 Å². The van der Waals surface area contributed by atoms with Gasteiger partial charge in [0.2, 0.25) is 0 Å². The Hall–Kier alpha value is -1.51. The van der Waals surface area contributed by atoms with Crippen LogP contribution in [-0.4, -0.2) is 19.2 Å². The van der Waals surface area contributed by atoms with Gasteiger partial charge in [-0.15, -0.1) is 0 Å². The molecule has 1 aromatic carbocycles. The van der Waals surface area contributed by atoms with Gasteiger partial charge in [-0.25, -0.2) is 0 Å². The van der Waals surface area contributed by atoms with Crippen LogP contribution in [-0.2, 0) is 16.0 Å². The van der Waals surface area contributed by atoms with Gasteiger partial charge in [0.1, 0.15) is 5.75 Å². The van der Waals surface area contributed by atoms with Gasteiger partial charge in [0.25, 0.3) is 0 Å². The summed E-state index contributed by atoms with van der Waals surface area (Å²) >= 11 is 0. The second kappa shape index (κ2) is 4.34. The van der Waals surface area contributed by atoms with Crippen molar-refractivity contribution in [1.29, 1.82) is 0 Å². The molecule has 1 atom stereocenters. The number of benzene rings is 1. The van der Waals surface area contributed by atoms with Crippen molar-refractivity contribution in [3.05, 3.63) is 29.8 Å². The van der Waals surface area contributed by atoms with Gasteiger partial charge in [0.15, 0.2) is 0 Å². The molecule has 0 aliphatic carbocycles. The van der Waals surface area contributed by atoms with Crippen LogP contribution in [0.25, 0.3) is 0 Å². The number of carbonyl (C=O) groups excluding carboxylic acids is 1. The summed E-state index contributed by atoms with van der Waals surface area (Å²) < 4.78 is 10.6. The Kier molecular flexibility index (Phi) is 2.90. The topological polar surface area (TPSA) is 35.5 Å². The molecule has 15 heavy (non-hydrogen) atoms. The molecule has 0 bridgehead atoms. The van der Waals surface area contributed by atoms with Crippen LogP contribution in [0.5, 0.6) is 5.75 Å². The van der Waals surface area contributed by atoms with E-state index in [2.05, 4.69) is 6.07 Å². The minimum Gasteiger partial charge on any atom is -0.493 e. The quantitative estimate of drug-likeness (QED) is 0.692. The number of carbonyl (C=O) groups is 1. The van der Waals surface area contributed by atoms with E-state index in [1.165, 1.54) is 12.5 Å². The van der Waals surface area contributed by atoms with Crippen molar-refractivity contribution in [2.45, 2.75) is 13.3 Å². The first-order chi connectivity index (χ1) is 7.25. The number of rotatable bonds is 2. The molecule has 1 aromatic rings. The predicted octanol–water partition coefficient (Wildman–Crippen LogP) is 1.80. The molecule has 0 aromatic heterocycles. The normalized spacial score (nSPS) is 18.9. The molecule has 0 amide bonds. The average Bonchev–Trinajstić information content (AvgIpc) is 2.26. The van der Waals surface area contributed by atoms with Gasteiger partial charge in [0, 0.05) is 12.8 Å². The second-order valence-electron chi connectivity index (χ2n) is 3.79. The van der Waals surface area contributed by atoms with Crippen LogP contribution >= 0.6 is 0 Å². The van der Waals surface area contributed by atoms with Crippen LogP contribution in [0.1, 0.15) is 12.5 Å². The largest absolute Gasteiger partial charge is 0.493 e. The molecule has 0 N–H and O–H groups in total. The van der Waals surface area contributed by atoms with E-state index in [1.807, 2.05) is 18.2 Å². The van der Waals surface area contributed by atoms with Crippen molar-refractivity contribution in [1.82, 2.24) is 0 Å². The Morgan fingerprint density at radius 3 is 3.13 bits per heavy atom. The van der Waals surface area contributed by atoms with E-state index in [9.17, 15) is 4.79 Å². The minimum atomic E-state index is -0.228. The number of para-hydroxylation sites is 1. The second-order valence-corrected chi connectivity index (χ2v) is 3.79. The predicted molar refractivity (Wildman–Crippen MR) is 55.8 cm³/mol. The summed E-state index contributed by atoms with van der Waals surface area (Å²) in [6.45, 7) is 2.51. The molecule has 0 radical (unpaired) electrons. The summed E-state index contributed by atoms with van der Waals surface area (Å²) in [6, 6.07) is 7.98. The molecule has 3 nitrogen and oxygen atoms in total. The lowest BCUT2D eigenvalue weighted by molar-refractivity contribution is -0.142. The summed E-state index contributed by atoms with van der Waals surface area (Å²) in [5, 5.41) is 0. The molecule has 0 saturated heterocycles. The zero-order chi connectivity index (χ0) is 10.7. The maximum Gasteiger partial charge on any atom is 0.302 e. The molecule has 80 valence electrons. The van der Waals surface area contributed by atoms with Gasteiger partial charge < -0.3 is 9.47 Å². The SMILES string of the molecule is CC(=O)OC[C@@H]1COc2ccccc2C1. The van der Waals surface area contributed by atoms with Crippen LogP contribution in [0.2, 0.25) is 0 Å². The van der Waals surface area contributed by atoms with Gasteiger partial charge in [-0.05, 0) is 18.1 Å². The first kappa shape index (κ1) is 10.0. The van der Waals surface area contributed by atoms with Crippen molar-refractivity contribution in [3.8, 4) is 5.75 Å². The molecule has 3 heteroatoms. The van der Waals surface area contributed by atoms with Gasteiger partial charge >= 0.3 is 5.97 Å². The fourth-order valence-electron chi connectivity index (χ4n) is 1.73. The summed E-state index contributed by atoms with van der Waals surface area (Å²) in [6.07, 6.45) is 0.920. The Bertz CT molecular complexity index is 360. The summed E-state index contributed by atoms with van der Waals surface area (Å²) in [7, 11) is 0. The van der Waals surface area contributed by atoms with Crippen molar-refractivity contribution < 1.29 is 14.3 Å². The van der Waals surface area contributed by atoms with E-state index in [1.54, 1.807) is 0 Å². The molecular formula is C12H14O3. The van der Waals surface area contributed by atoms with E-state index in [0.29, 0.717) is 13.2 Å². The highest BCUT2D eigenvalue weighted by Gasteiger charge is 2.20. The third kappa shape index (κ3) is 2.49. The molecular weight excluding hydrogens is 192 g/mol. The van der Waals surface area contributed by atoms with Crippen LogP contribution in [0, 0.1) is 5.92 Å². The van der Waals surface area contributed by atoms with Crippen molar-refractivity contribution in [3.63, 3.8) is 0 Å². The molecule has 1 aliphatic heterocycles. The van der Waals surface area contributed by atoms with Crippen LogP contribution in [0.4, 0.5) is 0 Å². The molecule has 0 unspecified atom stereocenters. The average molecular weight is 206 g/mol. The lowest BCUT2D eigenvalue weighted by Crippen LogP contribution is -2.25. The maximum absolute atomic E-state index is 10.7. The van der Waals surface area contributed by atoms with Gasteiger partial charge in [-0.2, -0.15) is 0 Å². The van der Waals surface area contributed by atoms with E-state index in [4.69, 9.17) is 9.47 Å². The maximum atomic E-state index is 10.7. The first-order valence-electron chi connectivity index (χ1n) is 5.10.